The normalized spacial score (nSPS) is 19.2. The van der Waals surface area contributed by atoms with E-state index in [1.165, 1.54) is 29.7 Å². The topological polar surface area (TPSA) is 68.0 Å². The highest BCUT2D eigenvalue weighted by molar-refractivity contribution is 7.13. The minimum atomic E-state index is 0. The van der Waals surface area contributed by atoms with Crippen LogP contribution in [0.1, 0.15) is 51.6 Å². The van der Waals surface area contributed by atoms with E-state index in [1.54, 1.807) is 0 Å². The number of carbonyl (C=O) groups excluding carboxylic acids is 1. The molecule has 3 rings (SSSR count). The van der Waals surface area contributed by atoms with Crippen LogP contribution in [0.2, 0.25) is 0 Å². The van der Waals surface area contributed by atoms with Gasteiger partial charge in [-0.2, -0.15) is 0 Å². The molecule has 1 aromatic carbocycles. The minimum absolute atomic E-state index is 0. The van der Waals surface area contributed by atoms with Crippen LogP contribution >= 0.6 is 36.2 Å². The lowest BCUT2D eigenvalue weighted by Gasteiger charge is -2.31. The SMILES string of the molecule is Cc1nc(Cc2ccccc2)sc1C(=O)NC1CCCCC1CN.Cl.Cl. The summed E-state index contributed by atoms with van der Waals surface area (Å²) in [6, 6.07) is 10.4. The molecule has 1 aromatic heterocycles. The van der Waals surface area contributed by atoms with Crippen molar-refractivity contribution < 1.29 is 4.79 Å². The molecule has 0 spiro atoms. The number of amides is 1. The Kier molecular flexibility index (Phi) is 9.58. The molecule has 1 heterocycles. The van der Waals surface area contributed by atoms with Crippen LogP contribution < -0.4 is 11.1 Å². The molecular formula is C19H27Cl2N3OS. The van der Waals surface area contributed by atoms with Crippen LogP contribution in [0.15, 0.2) is 30.3 Å². The van der Waals surface area contributed by atoms with Gasteiger partial charge in [-0.15, -0.1) is 36.2 Å². The first kappa shape index (κ1) is 22.9. The van der Waals surface area contributed by atoms with E-state index in [0.29, 0.717) is 12.5 Å². The molecule has 0 aliphatic heterocycles. The quantitative estimate of drug-likeness (QED) is 0.770. The monoisotopic (exact) mass is 415 g/mol. The van der Waals surface area contributed by atoms with E-state index in [0.717, 1.165) is 34.8 Å². The Labute approximate surface area is 171 Å². The molecule has 2 aromatic rings. The first-order valence-electron chi connectivity index (χ1n) is 8.68. The number of nitrogens with two attached hydrogens (primary N) is 1. The number of hydrogen-bond donors (Lipinski definition) is 2. The summed E-state index contributed by atoms with van der Waals surface area (Å²) in [5.74, 6) is 0.411. The van der Waals surface area contributed by atoms with Crippen LogP contribution in [-0.4, -0.2) is 23.5 Å². The van der Waals surface area contributed by atoms with E-state index in [9.17, 15) is 4.79 Å². The van der Waals surface area contributed by atoms with Crippen LogP contribution in [0.4, 0.5) is 0 Å². The van der Waals surface area contributed by atoms with Crippen LogP contribution in [0.5, 0.6) is 0 Å². The molecule has 0 bridgehead atoms. The second-order valence-electron chi connectivity index (χ2n) is 6.54. The number of nitrogens with zero attached hydrogens (tertiary/aromatic N) is 1. The van der Waals surface area contributed by atoms with Crippen LogP contribution in [0.25, 0.3) is 0 Å². The molecule has 1 aliphatic carbocycles. The number of benzene rings is 1. The van der Waals surface area contributed by atoms with E-state index in [2.05, 4.69) is 22.4 Å². The van der Waals surface area contributed by atoms with Crippen molar-refractivity contribution in [2.45, 2.75) is 45.1 Å². The summed E-state index contributed by atoms with van der Waals surface area (Å²) in [4.78, 5) is 18.0. The largest absolute Gasteiger partial charge is 0.348 e. The summed E-state index contributed by atoms with van der Waals surface area (Å²) in [6.45, 7) is 2.56. The van der Waals surface area contributed by atoms with Crippen LogP contribution in [-0.2, 0) is 6.42 Å². The van der Waals surface area contributed by atoms with Gasteiger partial charge in [0.2, 0.25) is 0 Å². The highest BCUT2D eigenvalue weighted by atomic mass is 35.5. The number of nitrogens with one attached hydrogen (secondary N) is 1. The van der Waals surface area contributed by atoms with Crippen molar-refractivity contribution >= 4 is 42.1 Å². The zero-order chi connectivity index (χ0) is 16.9. The first-order chi connectivity index (χ1) is 11.7. The molecule has 1 fully saturated rings. The molecule has 1 saturated carbocycles. The lowest BCUT2D eigenvalue weighted by molar-refractivity contribution is 0.0911. The van der Waals surface area contributed by atoms with E-state index < -0.39 is 0 Å². The average molecular weight is 416 g/mol. The smallest absolute Gasteiger partial charge is 0.263 e. The maximum Gasteiger partial charge on any atom is 0.263 e. The number of aryl methyl sites for hydroxylation is 1. The Morgan fingerprint density at radius 3 is 2.62 bits per heavy atom. The van der Waals surface area contributed by atoms with Crippen molar-refractivity contribution in [1.29, 1.82) is 0 Å². The van der Waals surface area contributed by atoms with Crippen molar-refractivity contribution in [3.8, 4) is 0 Å². The van der Waals surface area contributed by atoms with Gasteiger partial charge < -0.3 is 11.1 Å². The molecular weight excluding hydrogens is 389 g/mol. The number of carbonyl (C=O) groups is 1. The fourth-order valence-electron chi connectivity index (χ4n) is 3.42. The highest BCUT2D eigenvalue weighted by Gasteiger charge is 2.27. The number of rotatable bonds is 5. The van der Waals surface area contributed by atoms with Crippen molar-refractivity contribution in [2.24, 2.45) is 11.7 Å². The summed E-state index contributed by atoms with van der Waals surface area (Å²) in [5.41, 5.74) is 7.91. The van der Waals surface area contributed by atoms with Crippen molar-refractivity contribution in [3.05, 3.63) is 51.5 Å². The number of aromatic nitrogens is 1. The molecule has 2 unspecified atom stereocenters. The predicted molar refractivity (Wildman–Crippen MR) is 113 cm³/mol. The molecule has 144 valence electrons. The Morgan fingerprint density at radius 1 is 1.23 bits per heavy atom. The average Bonchev–Trinajstić information content (AvgIpc) is 2.96. The fraction of sp³-hybridized carbons (Fsp3) is 0.474. The Balaban J connectivity index is 0.00000169. The van der Waals surface area contributed by atoms with Gasteiger partial charge in [-0.05, 0) is 37.8 Å². The summed E-state index contributed by atoms with van der Waals surface area (Å²) in [7, 11) is 0. The van der Waals surface area contributed by atoms with E-state index in [1.807, 2.05) is 25.1 Å². The standard InChI is InChI=1S/C19H25N3OS.2ClH/c1-13-18(19(23)22-16-10-6-5-9-15(16)12-20)24-17(21-13)11-14-7-3-2-4-8-14;;/h2-4,7-8,15-16H,5-6,9-12,20H2,1H3,(H,22,23);2*1H. The molecule has 26 heavy (non-hydrogen) atoms. The van der Waals surface area contributed by atoms with Gasteiger partial charge >= 0.3 is 0 Å². The van der Waals surface area contributed by atoms with Gasteiger partial charge in [0, 0.05) is 12.5 Å². The Bertz CT molecular complexity index is 693. The highest BCUT2D eigenvalue weighted by Crippen LogP contribution is 2.25. The molecule has 2 atom stereocenters. The zero-order valence-electron chi connectivity index (χ0n) is 14.9. The van der Waals surface area contributed by atoms with Crippen molar-refractivity contribution in [1.82, 2.24) is 10.3 Å². The predicted octanol–water partition coefficient (Wildman–Crippen LogP) is 4.13. The van der Waals surface area contributed by atoms with E-state index in [-0.39, 0.29) is 36.8 Å². The van der Waals surface area contributed by atoms with Gasteiger partial charge in [-0.1, -0.05) is 43.2 Å². The van der Waals surface area contributed by atoms with Gasteiger partial charge in [-0.25, -0.2) is 4.98 Å². The van der Waals surface area contributed by atoms with E-state index >= 15 is 0 Å². The van der Waals surface area contributed by atoms with Crippen molar-refractivity contribution in [3.63, 3.8) is 0 Å². The summed E-state index contributed by atoms with van der Waals surface area (Å²) in [6.07, 6.45) is 5.30. The van der Waals surface area contributed by atoms with E-state index in [4.69, 9.17) is 5.73 Å². The van der Waals surface area contributed by atoms with Crippen LogP contribution in [0, 0.1) is 12.8 Å². The first-order valence-corrected chi connectivity index (χ1v) is 9.50. The molecule has 3 N–H and O–H groups in total. The summed E-state index contributed by atoms with van der Waals surface area (Å²) >= 11 is 1.51. The number of hydrogen-bond acceptors (Lipinski definition) is 4. The zero-order valence-corrected chi connectivity index (χ0v) is 17.4. The molecule has 0 saturated heterocycles. The van der Waals surface area contributed by atoms with Crippen molar-refractivity contribution in [2.75, 3.05) is 6.54 Å². The second kappa shape index (κ2) is 10.9. The third kappa shape index (κ3) is 5.68. The molecule has 1 amide bonds. The molecule has 0 radical (unpaired) electrons. The maximum absolute atomic E-state index is 12.7. The van der Waals surface area contributed by atoms with Gasteiger partial charge in [0.05, 0.1) is 10.7 Å². The van der Waals surface area contributed by atoms with Gasteiger partial charge in [-0.3, -0.25) is 4.79 Å². The molecule has 1 aliphatic rings. The third-order valence-electron chi connectivity index (χ3n) is 4.77. The molecule has 7 heteroatoms. The molecule has 4 nitrogen and oxygen atoms in total. The van der Waals surface area contributed by atoms with Gasteiger partial charge in [0.25, 0.3) is 5.91 Å². The Morgan fingerprint density at radius 2 is 1.92 bits per heavy atom. The Hall–Kier alpha value is -1.14. The number of halogens is 2. The minimum Gasteiger partial charge on any atom is -0.348 e. The summed E-state index contributed by atoms with van der Waals surface area (Å²) < 4.78 is 0. The maximum atomic E-state index is 12.7. The number of thiazole rings is 1. The lowest BCUT2D eigenvalue weighted by Crippen LogP contribution is -2.44. The summed E-state index contributed by atoms with van der Waals surface area (Å²) in [5, 5.41) is 4.19. The fourth-order valence-corrected chi connectivity index (χ4v) is 4.42. The second-order valence-corrected chi connectivity index (χ2v) is 7.63. The van der Waals surface area contributed by atoms with Gasteiger partial charge in [0.1, 0.15) is 4.88 Å². The van der Waals surface area contributed by atoms with Crippen LogP contribution in [0.3, 0.4) is 0 Å². The lowest BCUT2D eigenvalue weighted by atomic mass is 9.84. The van der Waals surface area contributed by atoms with Gasteiger partial charge in [0.15, 0.2) is 0 Å². The third-order valence-corrected chi connectivity index (χ3v) is 5.93.